The van der Waals surface area contributed by atoms with Crippen LogP contribution in [0.2, 0.25) is 0 Å². The van der Waals surface area contributed by atoms with Crippen LogP contribution in [0.4, 0.5) is 5.69 Å². The average molecular weight is 236 g/mol. The molecule has 1 aliphatic heterocycles. The minimum Gasteiger partial charge on any atom is -0.494 e. The largest absolute Gasteiger partial charge is 0.494 e. The zero-order valence-corrected chi connectivity index (χ0v) is 10.4. The predicted octanol–water partition coefficient (Wildman–Crippen LogP) is 2.99. The minimum absolute atomic E-state index is 0.588. The first kappa shape index (κ1) is 11.3. The number of hydrogen-bond acceptors (Lipinski definition) is 4. The third kappa shape index (κ3) is 2.92. The number of hydrogen-bond donors (Lipinski definition) is 1. The maximum atomic E-state index is 5.38. The van der Waals surface area contributed by atoms with E-state index in [2.05, 4.69) is 17.2 Å². The third-order valence-corrected chi connectivity index (χ3v) is 3.23. The molecule has 1 unspecified atom stereocenters. The molecule has 1 aliphatic rings. The number of nitrogens with zero attached hydrogens (tertiary/aromatic N) is 1. The molecule has 86 valence electrons. The van der Waals surface area contributed by atoms with Crippen molar-refractivity contribution in [3.8, 4) is 5.75 Å². The first-order valence-electron chi connectivity index (χ1n) is 5.49. The fraction of sp³-hybridized carbons (Fsp3) is 0.417. The summed E-state index contributed by atoms with van der Waals surface area (Å²) in [5.74, 6) is 0.905. The number of rotatable bonds is 3. The monoisotopic (exact) mass is 236 g/mol. The number of amidine groups is 1. The number of anilines is 1. The van der Waals surface area contributed by atoms with Gasteiger partial charge in [0.2, 0.25) is 0 Å². The first-order chi connectivity index (χ1) is 7.78. The molecule has 0 amide bonds. The van der Waals surface area contributed by atoms with Gasteiger partial charge in [-0.1, -0.05) is 18.7 Å². The maximum absolute atomic E-state index is 5.38. The second kappa shape index (κ2) is 5.25. The van der Waals surface area contributed by atoms with E-state index in [-0.39, 0.29) is 0 Å². The van der Waals surface area contributed by atoms with Crippen molar-refractivity contribution in [2.45, 2.75) is 19.1 Å². The van der Waals surface area contributed by atoms with Gasteiger partial charge in [0.1, 0.15) is 5.75 Å². The summed E-state index contributed by atoms with van der Waals surface area (Å²) >= 11 is 1.78. The van der Waals surface area contributed by atoms with Gasteiger partial charge < -0.3 is 10.1 Å². The minimum atomic E-state index is 0.588. The van der Waals surface area contributed by atoms with Crippen molar-refractivity contribution >= 4 is 22.6 Å². The summed E-state index contributed by atoms with van der Waals surface area (Å²) in [5, 5.41) is 4.90. The molecule has 1 atom stereocenters. The Balaban J connectivity index is 1.95. The van der Waals surface area contributed by atoms with Crippen molar-refractivity contribution < 1.29 is 4.74 Å². The van der Waals surface area contributed by atoms with Gasteiger partial charge in [0.15, 0.2) is 5.17 Å². The van der Waals surface area contributed by atoms with E-state index in [0.29, 0.717) is 11.9 Å². The van der Waals surface area contributed by atoms with Crippen LogP contribution in [0.25, 0.3) is 0 Å². The summed E-state index contributed by atoms with van der Waals surface area (Å²) < 4.78 is 5.38. The van der Waals surface area contributed by atoms with Gasteiger partial charge in [0, 0.05) is 10.9 Å². The highest BCUT2D eigenvalue weighted by atomic mass is 32.2. The van der Waals surface area contributed by atoms with E-state index in [4.69, 9.17) is 4.74 Å². The smallest absolute Gasteiger partial charge is 0.161 e. The number of aliphatic imine (C=N–C) groups is 1. The van der Waals surface area contributed by atoms with Gasteiger partial charge in [-0.3, -0.25) is 4.99 Å². The molecule has 0 aromatic heterocycles. The van der Waals surface area contributed by atoms with Crippen LogP contribution in [0.5, 0.6) is 5.75 Å². The Morgan fingerprint density at radius 3 is 2.75 bits per heavy atom. The number of benzene rings is 1. The van der Waals surface area contributed by atoms with Gasteiger partial charge >= 0.3 is 0 Å². The Kier molecular flexibility index (Phi) is 3.72. The van der Waals surface area contributed by atoms with E-state index in [1.54, 1.807) is 11.8 Å². The van der Waals surface area contributed by atoms with Crippen LogP contribution in [0, 0.1) is 0 Å². The zero-order valence-electron chi connectivity index (χ0n) is 9.56. The molecule has 0 fully saturated rings. The molecule has 4 heteroatoms. The first-order valence-corrected chi connectivity index (χ1v) is 6.37. The van der Waals surface area contributed by atoms with Gasteiger partial charge in [0.05, 0.1) is 13.2 Å². The van der Waals surface area contributed by atoms with E-state index in [0.717, 1.165) is 23.1 Å². The van der Waals surface area contributed by atoms with E-state index in [9.17, 15) is 0 Å². The Bertz CT molecular complexity index is 375. The van der Waals surface area contributed by atoms with E-state index < -0.39 is 0 Å². The molecule has 0 radical (unpaired) electrons. The molecular weight excluding hydrogens is 220 g/mol. The molecule has 0 aliphatic carbocycles. The molecule has 0 saturated carbocycles. The van der Waals surface area contributed by atoms with Crippen LogP contribution in [0.1, 0.15) is 13.8 Å². The Morgan fingerprint density at radius 2 is 2.19 bits per heavy atom. The highest BCUT2D eigenvalue weighted by Crippen LogP contribution is 2.23. The molecule has 16 heavy (non-hydrogen) atoms. The Hall–Kier alpha value is -1.16. The molecule has 0 bridgehead atoms. The molecule has 1 aromatic rings. The quantitative estimate of drug-likeness (QED) is 0.876. The molecule has 2 rings (SSSR count). The van der Waals surface area contributed by atoms with Gasteiger partial charge in [-0.2, -0.15) is 0 Å². The lowest BCUT2D eigenvalue weighted by molar-refractivity contribution is 0.340. The second-order valence-corrected chi connectivity index (χ2v) is 5.08. The summed E-state index contributed by atoms with van der Waals surface area (Å²) in [6.07, 6.45) is 0. The average Bonchev–Trinajstić information content (AvgIpc) is 2.67. The fourth-order valence-electron chi connectivity index (χ4n) is 1.47. The second-order valence-electron chi connectivity index (χ2n) is 3.66. The van der Waals surface area contributed by atoms with Gasteiger partial charge in [-0.05, 0) is 31.2 Å². The van der Waals surface area contributed by atoms with Crippen molar-refractivity contribution in [1.82, 2.24) is 0 Å². The third-order valence-electron chi connectivity index (χ3n) is 2.22. The van der Waals surface area contributed by atoms with Crippen LogP contribution in [-0.4, -0.2) is 23.6 Å². The molecule has 0 saturated heterocycles. The molecule has 3 nitrogen and oxygen atoms in total. The summed E-state index contributed by atoms with van der Waals surface area (Å²) in [5.41, 5.74) is 1.06. The van der Waals surface area contributed by atoms with E-state index in [1.165, 1.54) is 0 Å². The van der Waals surface area contributed by atoms with E-state index >= 15 is 0 Å². The molecule has 1 heterocycles. The van der Waals surface area contributed by atoms with E-state index in [1.807, 2.05) is 31.2 Å². The normalized spacial score (nSPS) is 19.4. The van der Waals surface area contributed by atoms with Crippen molar-refractivity contribution in [2.75, 3.05) is 18.5 Å². The molecule has 1 N–H and O–H groups in total. The van der Waals surface area contributed by atoms with Gasteiger partial charge in [-0.15, -0.1) is 0 Å². The Labute approximate surface area is 100 Å². The summed E-state index contributed by atoms with van der Waals surface area (Å²) in [7, 11) is 0. The van der Waals surface area contributed by atoms with Crippen LogP contribution < -0.4 is 10.1 Å². The molecular formula is C12H16N2OS. The Morgan fingerprint density at radius 1 is 1.44 bits per heavy atom. The van der Waals surface area contributed by atoms with Gasteiger partial charge in [-0.25, -0.2) is 0 Å². The SMILES string of the molecule is CCOc1ccc(NC2=NCC(C)S2)cc1. The van der Waals surface area contributed by atoms with Crippen LogP contribution in [0.15, 0.2) is 29.3 Å². The van der Waals surface area contributed by atoms with Crippen molar-refractivity contribution in [3.05, 3.63) is 24.3 Å². The topological polar surface area (TPSA) is 33.6 Å². The van der Waals surface area contributed by atoms with Crippen molar-refractivity contribution in [2.24, 2.45) is 4.99 Å². The molecule has 0 spiro atoms. The number of ether oxygens (including phenoxy) is 1. The summed E-state index contributed by atoms with van der Waals surface area (Å²) in [6, 6.07) is 7.96. The lowest BCUT2D eigenvalue weighted by Crippen LogP contribution is -2.05. The zero-order chi connectivity index (χ0) is 11.4. The standard InChI is InChI=1S/C12H16N2OS/c1-3-15-11-6-4-10(5-7-11)14-12-13-8-9(2)16-12/h4-7,9H,3,8H2,1-2H3,(H,13,14). The van der Waals surface area contributed by atoms with Crippen LogP contribution >= 0.6 is 11.8 Å². The van der Waals surface area contributed by atoms with Crippen molar-refractivity contribution in [3.63, 3.8) is 0 Å². The summed E-state index contributed by atoms with van der Waals surface area (Å²) in [6.45, 7) is 5.77. The highest BCUT2D eigenvalue weighted by molar-refractivity contribution is 8.15. The number of thioether (sulfide) groups is 1. The van der Waals surface area contributed by atoms with Crippen LogP contribution in [0.3, 0.4) is 0 Å². The lowest BCUT2D eigenvalue weighted by Gasteiger charge is -2.07. The molecule has 1 aromatic carbocycles. The van der Waals surface area contributed by atoms with Crippen LogP contribution in [-0.2, 0) is 0 Å². The summed E-state index contributed by atoms with van der Waals surface area (Å²) in [4.78, 5) is 4.41. The predicted molar refractivity (Wildman–Crippen MR) is 70.6 cm³/mol. The van der Waals surface area contributed by atoms with Gasteiger partial charge in [0.25, 0.3) is 0 Å². The maximum Gasteiger partial charge on any atom is 0.161 e. The lowest BCUT2D eigenvalue weighted by atomic mass is 10.3. The number of nitrogens with one attached hydrogen (secondary N) is 1. The van der Waals surface area contributed by atoms with Crippen molar-refractivity contribution in [1.29, 1.82) is 0 Å². The highest BCUT2D eigenvalue weighted by Gasteiger charge is 2.14. The fourth-order valence-corrected chi connectivity index (χ4v) is 2.33.